The van der Waals surface area contributed by atoms with Gasteiger partial charge in [0.2, 0.25) is 0 Å². The maximum atomic E-state index is 11.8. The molecule has 0 aromatic carbocycles. The van der Waals surface area contributed by atoms with Crippen LogP contribution in [0, 0.1) is 5.92 Å². The number of carbonyl (C=O) groups is 1. The van der Waals surface area contributed by atoms with Gasteiger partial charge in [0.15, 0.2) is 0 Å². The lowest BCUT2D eigenvalue weighted by Gasteiger charge is -2.31. The van der Waals surface area contributed by atoms with E-state index in [1.165, 1.54) is 0 Å². The van der Waals surface area contributed by atoms with Crippen LogP contribution >= 0.6 is 15.9 Å². The zero-order valence-electron chi connectivity index (χ0n) is 9.71. The molecule has 0 fully saturated rings. The van der Waals surface area contributed by atoms with E-state index in [4.69, 9.17) is 4.74 Å². The fourth-order valence-electron chi connectivity index (χ4n) is 1.47. The van der Waals surface area contributed by atoms with Crippen LogP contribution in [0.4, 0.5) is 4.79 Å². The molecule has 0 aliphatic carbocycles. The fraction of sp³-hybridized carbons (Fsp3) is 0.727. The highest BCUT2D eigenvalue weighted by Gasteiger charge is 2.25. The summed E-state index contributed by atoms with van der Waals surface area (Å²) >= 11 is 3.43. The Morgan fingerprint density at radius 2 is 2.20 bits per heavy atom. The van der Waals surface area contributed by atoms with E-state index < -0.39 is 5.60 Å². The molecule has 0 spiro atoms. The van der Waals surface area contributed by atoms with Crippen molar-refractivity contribution < 1.29 is 9.53 Å². The maximum absolute atomic E-state index is 11.8. The van der Waals surface area contributed by atoms with Crippen LogP contribution in [0.1, 0.15) is 27.7 Å². The molecule has 0 aromatic heterocycles. The summed E-state index contributed by atoms with van der Waals surface area (Å²) in [6, 6.07) is 0. The summed E-state index contributed by atoms with van der Waals surface area (Å²) in [4.78, 5) is 13.5. The van der Waals surface area contributed by atoms with E-state index in [0.29, 0.717) is 12.5 Å². The summed E-state index contributed by atoms with van der Waals surface area (Å²) in [6.45, 7) is 9.05. The molecular formula is C11H18BrNO2. The highest BCUT2D eigenvalue weighted by molar-refractivity contribution is 9.11. The van der Waals surface area contributed by atoms with E-state index >= 15 is 0 Å². The number of hydrogen-bond acceptors (Lipinski definition) is 2. The van der Waals surface area contributed by atoms with Gasteiger partial charge in [0.1, 0.15) is 5.60 Å². The van der Waals surface area contributed by atoms with E-state index in [2.05, 4.69) is 28.9 Å². The van der Waals surface area contributed by atoms with Crippen LogP contribution < -0.4 is 0 Å². The number of ether oxygens (including phenoxy) is 1. The molecule has 0 saturated heterocycles. The Labute approximate surface area is 99.6 Å². The molecule has 1 rings (SSSR count). The predicted octanol–water partition coefficient (Wildman–Crippen LogP) is 3.15. The second kappa shape index (κ2) is 4.56. The van der Waals surface area contributed by atoms with Gasteiger partial charge in [0, 0.05) is 11.0 Å². The molecule has 15 heavy (non-hydrogen) atoms. The molecule has 3 nitrogen and oxygen atoms in total. The lowest BCUT2D eigenvalue weighted by atomic mass is 10.1. The van der Waals surface area contributed by atoms with Crippen LogP contribution in [-0.4, -0.2) is 29.7 Å². The largest absolute Gasteiger partial charge is 0.444 e. The fourth-order valence-corrected chi connectivity index (χ4v) is 2.23. The molecular weight excluding hydrogens is 258 g/mol. The van der Waals surface area contributed by atoms with Crippen molar-refractivity contribution in [1.29, 1.82) is 0 Å². The topological polar surface area (TPSA) is 29.5 Å². The highest BCUT2D eigenvalue weighted by atomic mass is 79.9. The molecule has 1 aliphatic heterocycles. The molecule has 0 bridgehead atoms. The smallest absolute Gasteiger partial charge is 0.410 e. The van der Waals surface area contributed by atoms with Crippen molar-refractivity contribution in [3.63, 3.8) is 0 Å². The lowest BCUT2D eigenvalue weighted by molar-refractivity contribution is 0.0246. The predicted molar refractivity (Wildman–Crippen MR) is 64.0 cm³/mol. The van der Waals surface area contributed by atoms with Crippen LogP contribution in [0.3, 0.4) is 0 Å². The van der Waals surface area contributed by atoms with Crippen LogP contribution in [0.5, 0.6) is 0 Å². The van der Waals surface area contributed by atoms with E-state index in [1.807, 2.05) is 20.8 Å². The molecule has 4 heteroatoms. The average Bonchev–Trinajstić information content (AvgIpc) is 1.98. The lowest BCUT2D eigenvalue weighted by Crippen LogP contribution is -2.41. The van der Waals surface area contributed by atoms with Crippen molar-refractivity contribution in [2.45, 2.75) is 33.3 Å². The first-order valence-electron chi connectivity index (χ1n) is 5.12. The molecule has 86 valence electrons. The molecule has 0 radical (unpaired) electrons. The highest BCUT2D eigenvalue weighted by Crippen LogP contribution is 2.21. The molecule has 0 saturated carbocycles. The van der Waals surface area contributed by atoms with Crippen molar-refractivity contribution in [3.8, 4) is 0 Å². The van der Waals surface area contributed by atoms with Crippen molar-refractivity contribution in [2.24, 2.45) is 5.92 Å². The van der Waals surface area contributed by atoms with Crippen molar-refractivity contribution in [2.75, 3.05) is 13.1 Å². The van der Waals surface area contributed by atoms with Gasteiger partial charge >= 0.3 is 6.09 Å². The molecule has 1 atom stereocenters. The molecule has 1 amide bonds. The molecule has 1 heterocycles. The van der Waals surface area contributed by atoms with Crippen LogP contribution in [-0.2, 0) is 4.74 Å². The summed E-state index contributed by atoms with van der Waals surface area (Å²) in [5.74, 6) is 0.376. The Balaban J connectivity index is 2.59. The molecule has 1 aliphatic rings. The van der Waals surface area contributed by atoms with Crippen LogP contribution in [0.15, 0.2) is 10.6 Å². The SMILES string of the molecule is CC1C=C(Br)CN(C(=O)OC(C)(C)C)C1. The molecule has 0 aromatic rings. The van der Waals surface area contributed by atoms with Gasteiger partial charge in [-0.05, 0) is 26.7 Å². The summed E-state index contributed by atoms with van der Waals surface area (Å²) in [5, 5.41) is 0. The minimum absolute atomic E-state index is 0.237. The second-order valence-electron chi connectivity index (χ2n) is 4.95. The third-order valence-electron chi connectivity index (χ3n) is 1.97. The molecule has 1 unspecified atom stereocenters. The quantitative estimate of drug-likeness (QED) is 0.680. The first-order valence-corrected chi connectivity index (χ1v) is 5.91. The van der Waals surface area contributed by atoms with Gasteiger partial charge in [0.25, 0.3) is 0 Å². The summed E-state index contributed by atoms with van der Waals surface area (Å²) < 4.78 is 6.36. The summed E-state index contributed by atoms with van der Waals surface area (Å²) in [6.07, 6.45) is 1.89. The second-order valence-corrected chi connectivity index (χ2v) is 5.97. The first-order chi connectivity index (χ1) is 6.78. The van der Waals surface area contributed by atoms with Gasteiger partial charge < -0.3 is 9.64 Å². The van der Waals surface area contributed by atoms with Gasteiger partial charge in [-0.25, -0.2) is 4.79 Å². The Morgan fingerprint density at radius 1 is 1.60 bits per heavy atom. The van der Waals surface area contributed by atoms with Gasteiger partial charge in [-0.15, -0.1) is 0 Å². The summed E-state index contributed by atoms with van der Waals surface area (Å²) in [7, 11) is 0. The Kier molecular flexibility index (Phi) is 3.82. The van der Waals surface area contributed by atoms with Crippen LogP contribution in [0.25, 0.3) is 0 Å². The zero-order valence-corrected chi connectivity index (χ0v) is 11.3. The third-order valence-corrected chi connectivity index (χ3v) is 2.48. The Bertz CT molecular complexity index is 281. The Morgan fingerprint density at radius 3 is 2.67 bits per heavy atom. The molecule has 0 N–H and O–H groups in total. The van der Waals surface area contributed by atoms with Crippen LogP contribution in [0.2, 0.25) is 0 Å². The number of amides is 1. The van der Waals surface area contributed by atoms with E-state index in [0.717, 1.165) is 11.0 Å². The standard InChI is InChI=1S/C11H18BrNO2/c1-8-5-9(12)7-13(6-8)10(14)15-11(2,3)4/h5,8H,6-7H2,1-4H3. The average molecular weight is 276 g/mol. The van der Waals surface area contributed by atoms with Gasteiger partial charge in [-0.3, -0.25) is 0 Å². The van der Waals surface area contributed by atoms with E-state index in [9.17, 15) is 4.79 Å². The minimum Gasteiger partial charge on any atom is -0.444 e. The minimum atomic E-state index is -0.423. The van der Waals surface area contributed by atoms with Crippen molar-refractivity contribution in [3.05, 3.63) is 10.6 Å². The number of hydrogen-bond donors (Lipinski definition) is 0. The monoisotopic (exact) mass is 275 g/mol. The zero-order chi connectivity index (χ0) is 11.6. The van der Waals surface area contributed by atoms with Crippen molar-refractivity contribution >= 4 is 22.0 Å². The normalized spacial score (nSPS) is 22.3. The number of halogens is 1. The number of nitrogens with zero attached hydrogens (tertiary/aromatic N) is 1. The maximum Gasteiger partial charge on any atom is 0.410 e. The van der Waals surface area contributed by atoms with E-state index in [-0.39, 0.29) is 6.09 Å². The first kappa shape index (κ1) is 12.6. The van der Waals surface area contributed by atoms with Gasteiger partial charge in [-0.1, -0.05) is 28.9 Å². The number of rotatable bonds is 0. The summed E-state index contributed by atoms with van der Waals surface area (Å²) in [5.41, 5.74) is -0.423. The van der Waals surface area contributed by atoms with Crippen molar-refractivity contribution in [1.82, 2.24) is 4.90 Å². The van der Waals surface area contributed by atoms with Gasteiger partial charge in [-0.2, -0.15) is 0 Å². The van der Waals surface area contributed by atoms with E-state index in [1.54, 1.807) is 4.90 Å². The number of carbonyl (C=O) groups excluding carboxylic acids is 1. The van der Waals surface area contributed by atoms with Gasteiger partial charge in [0.05, 0.1) is 6.54 Å². The Hall–Kier alpha value is -0.510. The third kappa shape index (κ3) is 4.24.